The predicted octanol–water partition coefficient (Wildman–Crippen LogP) is 2.35. The van der Waals surface area contributed by atoms with Gasteiger partial charge in [-0.25, -0.2) is 0 Å². The van der Waals surface area contributed by atoms with Crippen molar-refractivity contribution in [3.05, 3.63) is 34.9 Å². The molecule has 4 heteroatoms. The Morgan fingerprint density at radius 3 is 2.65 bits per heavy atom. The number of halogens is 1. The van der Waals surface area contributed by atoms with Gasteiger partial charge in [-0.05, 0) is 30.5 Å². The summed E-state index contributed by atoms with van der Waals surface area (Å²) in [6.45, 7) is 0.624. The number of rotatable bonds is 5. The zero-order valence-electron chi connectivity index (χ0n) is 9.78. The molecule has 0 saturated heterocycles. The van der Waals surface area contributed by atoms with Crippen molar-refractivity contribution in [2.75, 3.05) is 13.7 Å². The van der Waals surface area contributed by atoms with Gasteiger partial charge in [-0.2, -0.15) is 0 Å². The second kappa shape index (κ2) is 5.52. The number of carbonyl (C=O) groups is 1. The van der Waals surface area contributed by atoms with Crippen molar-refractivity contribution in [2.45, 2.75) is 24.8 Å². The third-order valence-electron chi connectivity index (χ3n) is 2.95. The van der Waals surface area contributed by atoms with E-state index in [0.717, 1.165) is 5.56 Å². The average molecular weight is 254 g/mol. The Hall–Kier alpha value is -1.06. The first kappa shape index (κ1) is 12.4. The molecule has 1 atom stereocenters. The monoisotopic (exact) mass is 253 g/mol. The van der Waals surface area contributed by atoms with E-state index < -0.39 is 0 Å². The summed E-state index contributed by atoms with van der Waals surface area (Å²) in [6.07, 6.45) is 2.41. The molecule has 17 heavy (non-hydrogen) atoms. The molecule has 0 heterocycles. The van der Waals surface area contributed by atoms with E-state index in [1.54, 1.807) is 12.1 Å². The van der Waals surface area contributed by atoms with E-state index >= 15 is 0 Å². The fraction of sp³-hybridized carbons (Fsp3) is 0.462. The van der Waals surface area contributed by atoms with Gasteiger partial charge in [0.25, 0.3) is 0 Å². The molecule has 0 bridgehead atoms. The van der Waals surface area contributed by atoms with E-state index in [-0.39, 0.29) is 11.9 Å². The van der Waals surface area contributed by atoms with Crippen molar-refractivity contribution >= 4 is 17.6 Å². The summed E-state index contributed by atoms with van der Waals surface area (Å²) in [4.78, 5) is 11.7. The SMILES string of the molecule is COC(=O)C(CNC1CC1)c1ccc(Cl)cc1. The highest BCUT2D eigenvalue weighted by molar-refractivity contribution is 6.30. The lowest BCUT2D eigenvalue weighted by molar-refractivity contribution is -0.142. The summed E-state index contributed by atoms with van der Waals surface area (Å²) in [7, 11) is 1.42. The van der Waals surface area contributed by atoms with Crippen LogP contribution in [-0.4, -0.2) is 25.7 Å². The van der Waals surface area contributed by atoms with Gasteiger partial charge in [-0.15, -0.1) is 0 Å². The molecule has 1 aromatic carbocycles. The normalized spacial score (nSPS) is 16.6. The van der Waals surface area contributed by atoms with Crippen LogP contribution < -0.4 is 5.32 Å². The summed E-state index contributed by atoms with van der Waals surface area (Å²) in [5.74, 6) is -0.460. The van der Waals surface area contributed by atoms with Crippen LogP contribution in [0.4, 0.5) is 0 Å². The molecule has 0 amide bonds. The van der Waals surface area contributed by atoms with Crippen molar-refractivity contribution in [1.82, 2.24) is 5.32 Å². The van der Waals surface area contributed by atoms with Gasteiger partial charge < -0.3 is 10.1 Å². The summed E-state index contributed by atoms with van der Waals surface area (Å²) < 4.78 is 4.84. The fourth-order valence-electron chi connectivity index (χ4n) is 1.75. The number of esters is 1. The van der Waals surface area contributed by atoms with E-state index in [0.29, 0.717) is 17.6 Å². The lowest BCUT2D eigenvalue weighted by Gasteiger charge is -2.15. The van der Waals surface area contributed by atoms with Crippen LogP contribution in [0.25, 0.3) is 0 Å². The lowest BCUT2D eigenvalue weighted by atomic mass is 9.99. The van der Waals surface area contributed by atoms with Gasteiger partial charge in [0.2, 0.25) is 0 Å². The number of benzene rings is 1. The highest BCUT2D eigenvalue weighted by Crippen LogP contribution is 2.23. The van der Waals surface area contributed by atoms with Crippen molar-refractivity contribution in [3.63, 3.8) is 0 Å². The summed E-state index contributed by atoms with van der Waals surface area (Å²) >= 11 is 5.84. The van der Waals surface area contributed by atoms with E-state index in [2.05, 4.69) is 5.32 Å². The molecule has 1 fully saturated rings. The number of hydrogen-bond donors (Lipinski definition) is 1. The smallest absolute Gasteiger partial charge is 0.314 e. The molecule has 3 nitrogen and oxygen atoms in total. The van der Waals surface area contributed by atoms with Crippen LogP contribution in [0.2, 0.25) is 5.02 Å². The third kappa shape index (κ3) is 3.45. The van der Waals surface area contributed by atoms with E-state index in [1.165, 1.54) is 20.0 Å². The number of nitrogens with one attached hydrogen (secondary N) is 1. The molecule has 1 N–H and O–H groups in total. The van der Waals surface area contributed by atoms with Crippen LogP contribution in [0.1, 0.15) is 24.3 Å². The first-order chi connectivity index (χ1) is 8.20. The number of carbonyl (C=O) groups excluding carboxylic acids is 1. The Balaban J connectivity index is 2.07. The van der Waals surface area contributed by atoms with Gasteiger partial charge in [-0.1, -0.05) is 23.7 Å². The summed E-state index contributed by atoms with van der Waals surface area (Å²) in [5.41, 5.74) is 0.939. The Morgan fingerprint density at radius 1 is 1.47 bits per heavy atom. The fourth-order valence-corrected chi connectivity index (χ4v) is 1.87. The van der Waals surface area contributed by atoms with Crippen LogP contribution in [0, 0.1) is 0 Å². The lowest BCUT2D eigenvalue weighted by Crippen LogP contribution is -2.29. The first-order valence-corrected chi connectivity index (χ1v) is 6.15. The maximum atomic E-state index is 11.7. The molecule has 0 aliphatic heterocycles. The molecule has 0 spiro atoms. The van der Waals surface area contributed by atoms with Crippen LogP contribution >= 0.6 is 11.6 Å². The molecule has 1 saturated carbocycles. The zero-order chi connectivity index (χ0) is 12.3. The second-order valence-electron chi connectivity index (χ2n) is 4.31. The van der Waals surface area contributed by atoms with Crippen LogP contribution in [0.5, 0.6) is 0 Å². The van der Waals surface area contributed by atoms with Gasteiger partial charge in [0.15, 0.2) is 0 Å². The van der Waals surface area contributed by atoms with Crippen molar-refractivity contribution in [1.29, 1.82) is 0 Å². The highest BCUT2D eigenvalue weighted by Gasteiger charge is 2.26. The highest BCUT2D eigenvalue weighted by atomic mass is 35.5. The summed E-state index contributed by atoms with van der Waals surface area (Å²) in [5, 5.41) is 4.02. The molecule has 1 aliphatic rings. The van der Waals surface area contributed by atoms with Crippen LogP contribution in [-0.2, 0) is 9.53 Å². The molecular formula is C13H16ClNO2. The number of ether oxygens (including phenoxy) is 1. The van der Waals surface area contributed by atoms with Gasteiger partial charge >= 0.3 is 5.97 Å². The number of hydrogen-bond acceptors (Lipinski definition) is 3. The van der Waals surface area contributed by atoms with Crippen LogP contribution in [0.15, 0.2) is 24.3 Å². The van der Waals surface area contributed by atoms with E-state index in [4.69, 9.17) is 16.3 Å². The largest absolute Gasteiger partial charge is 0.469 e. The minimum Gasteiger partial charge on any atom is -0.469 e. The van der Waals surface area contributed by atoms with Crippen molar-refractivity contribution < 1.29 is 9.53 Å². The molecule has 1 unspecified atom stereocenters. The molecule has 2 rings (SSSR count). The van der Waals surface area contributed by atoms with Crippen molar-refractivity contribution in [3.8, 4) is 0 Å². The molecule has 1 aromatic rings. The number of methoxy groups -OCH3 is 1. The van der Waals surface area contributed by atoms with Gasteiger partial charge in [0, 0.05) is 17.6 Å². The minimum atomic E-state index is -0.252. The minimum absolute atomic E-state index is 0.208. The zero-order valence-corrected chi connectivity index (χ0v) is 10.5. The molecule has 92 valence electrons. The molecular weight excluding hydrogens is 238 g/mol. The maximum absolute atomic E-state index is 11.7. The van der Waals surface area contributed by atoms with Gasteiger partial charge in [0.05, 0.1) is 13.0 Å². The maximum Gasteiger partial charge on any atom is 0.314 e. The topological polar surface area (TPSA) is 38.3 Å². The van der Waals surface area contributed by atoms with Gasteiger partial charge in [0.1, 0.15) is 0 Å². The first-order valence-electron chi connectivity index (χ1n) is 5.77. The second-order valence-corrected chi connectivity index (χ2v) is 4.75. The Kier molecular flexibility index (Phi) is 4.02. The van der Waals surface area contributed by atoms with Crippen LogP contribution in [0.3, 0.4) is 0 Å². The summed E-state index contributed by atoms with van der Waals surface area (Å²) in [6, 6.07) is 7.92. The van der Waals surface area contributed by atoms with E-state index in [9.17, 15) is 4.79 Å². The predicted molar refractivity (Wildman–Crippen MR) is 67.2 cm³/mol. The Morgan fingerprint density at radius 2 is 2.12 bits per heavy atom. The Bertz CT molecular complexity index is 387. The van der Waals surface area contributed by atoms with E-state index in [1.807, 2.05) is 12.1 Å². The van der Waals surface area contributed by atoms with Gasteiger partial charge in [-0.3, -0.25) is 4.79 Å². The molecule has 0 aromatic heterocycles. The third-order valence-corrected chi connectivity index (χ3v) is 3.20. The quantitative estimate of drug-likeness (QED) is 0.819. The molecule has 0 radical (unpaired) electrons. The standard InChI is InChI=1S/C13H16ClNO2/c1-17-13(16)12(8-15-11-6-7-11)9-2-4-10(14)5-3-9/h2-5,11-12,15H,6-8H2,1H3. The average Bonchev–Trinajstić information content (AvgIpc) is 3.15. The van der Waals surface area contributed by atoms with Crippen molar-refractivity contribution in [2.24, 2.45) is 0 Å². The Labute approximate surface area is 106 Å². The molecule has 1 aliphatic carbocycles.